The lowest BCUT2D eigenvalue weighted by atomic mass is 10.0. The van der Waals surface area contributed by atoms with E-state index in [9.17, 15) is 9.59 Å². The Morgan fingerprint density at radius 3 is 2.12 bits per heavy atom. The summed E-state index contributed by atoms with van der Waals surface area (Å²) in [4.78, 5) is 31.8. The van der Waals surface area contributed by atoms with Crippen molar-refractivity contribution in [1.29, 1.82) is 0 Å². The average Bonchev–Trinajstić information content (AvgIpc) is 2.87. The highest BCUT2D eigenvalue weighted by Crippen LogP contribution is 2.17. The predicted octanol–water partition coefficient (Wildman–Crippen LogP) is 1.03. The number of hydrogen-bond acceptors (Lipinski definition) is 6. The van der Waals surface area contributed by atoms with Gasteiger partial charge >= 0.3 is 0 Å². The minimum absolute atomic E-state index is 0.113. The van der Waals surface area contributed by atoms with E-state index in [1.54, 1.807) is 0 Å². The number of rotatable bonds is 7. The molecule has 3 heterocycles. The monoisotopic (exact) mass is 456 g/mol. The smallest absolute Gasteiger partial charge is 0.223 e. The number of piperazine rings is 1. The molecule has 3 fully saturated rings. The van der Waals surface area contributed by atoms with Crippen LogP contribution in [0.25, 0.3) is 0 Å². The summed E-state index contributed by atoms with van der Waals surface area (Å²) in [7, 11) is 0. The van der Waals surface area contributed by atoms with Gasteiger partial charge in [0.2, 0.25) is 11.8 Å². The second-order valence-corrected chi connectivity index (χ2v) is 9.63. The Labute approximate surface area is 197 Å². The average molecular weight is 457 g/mol. The Morgan fingerprint density at radius 1 is 0.879 bits per heavy atom. The van der Waals surface area contributed by atoms with Crippen LogP contribution < -0.4 is 16.4 Å². The van der Waals surface area contributed by atoms with Crippen LogP contribution in [0.15, 0.2) is 24.3 Å². The zero-order valence-corrected chi connectivity index (χ0v) is 19.8. The van der Waals surface area contributed by atoms with Gasteiger partial charge in [0, 0.05) is 76.4 Å². The molecule has 8 heteroatoms. The SMILES string of the molecule is Nc1ccccc1CNC1CCN(C(=O)CCC(=O)N2CCN(C3CCNCC3)CC2)CC1. The van der Waals surface area contributed by atoms with Crippen LogP contribution in [0.4, 0.5) is 5.69 Å². The van der Waals surface area contributed by atoms with Crippen LogP contribution in [0.1, 0.15) is 44.1 Å². The van der Waals surface area contributed by atoms with Crippen molar-refractivity contribution in [2.24, 2.45) is 0 Å². The summed E-state index contributed by atoms with van der Waals surface area (Å²) in [5, 5.41) is 6.99. The number of nitrogens with one attached hydrogen (secondary N) is 2. The zero-order chi connectivity index (χ0) is 23.0. The number of carbonyl (C=O) groups is 2. The van der Waals surface area contributed by atoms with E-state index in [2.05, 4.69) is 15.5 Å². The van der Waals surface area contributed by atoms with Gasteiger partial charge in [-0.15, -0.1) is 0 Å². The lowest BCUT2D eigenvalue weighted by molar-refractivity contribution is -0.138. The maximum absolute atomic E-state index is 12.7. The number of nitrogen functional groups attached to an aromatic ring is 1. The van der Waals surface area contributed by atoms with Crippen LogP contribution in [-0.2, 0) is 16.1 Å². The third kappa shape index (κ3) is 6.68. The number of piperidine rings is 2. The van der Waals surface area contributed by atoms with Gasteiger partial charge in [-0.05, 0) is 50.4 Å². The molecule has 3 aliphatic rings. The van der Waals surface area contributed by atoms with E-state index in [0.29, 0.717) is 24.9 Å². The predicted molar refractivity (Wildman–Crippen MR) is 131 cm³/mol. The first-order valence-corrected chi connectivity index (χ1v) is 12.7. The number of hydrogen-bond donors (Lipinski definition) is 3. The molecule has 3 aliphatic heterocycles. The molecule has 0 saturated carbocycles. The van der Waals surface area contributed by atoms with Crippen LogP contribution in [0.3, 0.4) is 0 Å². The molecule has 3 saturated heterocycles. The third-order valence-electron chi connectivity index (χ3n) is 7.53. The molecular formula is C25H40N6O2. The number of benzene rings is 1. The molecule has 0 aliphatic carbocycles. The van der Waals surface area contributed by atoms with Gasteiger partial charge in [0.15, 0.2) is 0 Å². The van der Waals surface area contributed by atoms with Gasteiger partial charge in [-0.25, -0.2) is 0 Å². The fourth-order valence-electron chi connectivity index (χ4n) is 5.32. The number of amides is 2. The Bertz CT molecular complexity index is 781. The van der Waals surface area contributed by atoms with Gasteiger partial charge in [0.1, 0.15) is 0 Å². The second kappa shape index (κ2) is 11.8. The lowest BCUT2D eigenvalue weighted by Gasteiger charge is -2.41. The van der Waals surface area contributed by atoms with Crippen molar-refractivity contribution < 1.29 is 9.59 Å². The van der Waals surface area contributed by atoms with Crippen molar-refractivity contribution >= 4 is 17.5 Å². The van der Waals surface area contributed by atoms with Crippen LogP contribution in [0.2, 0.25) is 0 Å². The van der Waals surface area contributed by atoms with E-state index in [0.717, 1.165) is 83.0 Å². The number of nitrogens with zero attached hydrogens (tertiary/aromatic N) is 3. The Hall–Kier alpha value is -2.16. The van der Waals surface area contributed by atoms with Crippen molar-refractivity contribution in [2.45, 2.75) is 57.2 Å². The summed E-state index contributed by atoms with van der Waals surface area (Å²) in [6, 6.07) is 8.98. The molecular weight excluding hydrogens is 416 g/mol. The van der Waals surface area contributed by atoms with E-state index < -0.39 is 0 Å². The van der Waals surface area contributed by atoms with Gasteiger partial charge in [-0.1, -0.05) is 18.2 Å². The van der Waals surface area contributed by atoms with Crippen LogP contribution >= 0.6 is 0 Å². The highest BCUT2D eigenvalue weighted by Gasteiger charge is 2.28. The standard InChI is InChI=1S/C25H40N6O2/c26-23-4-2-1-3-20(23)19-28-21-9-13-30(14-10-21)24(32)5-6-25(33)31-17-15-29(16-18-31)22-7-11-27-12-8-22/h1-4,21-22,27-28H,5-19,26H2. The summed E-state index contributed by atoms with van der Waals surface area (Å²) in [5.74, 6) is 0.243. The molecule has 182 valence electrons. The molecule has 1 aromatic rings. The van der Waals surface area contributed by atoms with Gasteiger partial charge < -0.3 is 26.2 Å². The summed E-state index contributed by atoms with van der Waals surface area (Å²) >= 11 is 0. The van der Waals surface area contributed by atoms with Crippen molar-refractivity contribution in [1.82, 2.24) is 25.3 Å². The second-order valence-electron chi connectivity index (χ2n) is 9.63. The Morgan fingerprint density at radius 2 is 1.48 bits per heavy atom. The minimum atomic E-state index is 0.113. The van der Waals surface area contributed by atoms with Crippen molar-refractivity contribution in [3.8, 4) is 0 Å². The molecule has 8 nitrogen and oxygen atoms in total. The normalized spacial score (nSPS) is 21.3. The van der Waals surface area contributed by atoms with Crippen molar-refractivity contribution in [2.75, 3.05) is 58.1 Å². The molecule has 33 heavy (non-hydrogen) atoms. The molecule has 0 radical (unpaired) electrons. The first-order valence-electron chi connectivity index (χ1n) is 12.7. The fraction of sp³-hybridized carbons (Fsp3) is 0.680. The number of anilines is 1. The van der Waals surface area contributed by atoms with Crippen LogP contribution in [0.5, 0.6) is 0 Å². The fourth-order valence-corrected chi connectivity index (χ4v) is 5.32. The summed E-state index contributed by atoms with van der Waals surface area (Å²) < 4.78 is 0. The van der Waals surface area contributed by atoms with E-state index in [-0.39, 0.29) is 11.8 Å². The summed E-state index contributed by atoms with van der Waals surface area (Å²) in [6.45, 7) is 7.96. The number of nitrogens with two attached hydrogens (primary N) is 1. The van der Waals surface area contributed by atoms with Crippen molar-refractivity contribution in [3.05, 3.63) is 29.8 Å². The molecule has 2 amide bonds. The maximum atomic E-state index is 12.7. The molecule has 4 N–H and O–H groups in total. The number of para-hydroxylation sites is 1. The third-order valence-corrected chi connectivity index (χ3v) is 7.53. The van der Waals surface area contributed by atoms with Crippen LogP contribution in [-0.4, -0.2) is 91.0 Å². The first kappa shape index (κ1) is 24.0. The van der Waals surface area contributed by atoms with Gasteiger partial charge in [0.25, 0.3) is 0 Å². The van der Waals surface area contributed by atoms with Gasteiger partial charge in [-0.3, -0.25) is 14.5 Å². The Kier molecular flexibility index (Phi) is 8.58. The molecule has 0 unspecified atom stereocenters. The van der Waals surface area contributed by atoms with E-state index in [4.69, 9.17) is 5.73 Å². The zero-order valence-electron chi connectivity index (χ0n) is 19.8. The quantitative estimate of drug-likeness (QED) is 0.531. The van der Waals surface area contributed by atoms with Crippen LogP contribution in [0, 0.1) is 0 Å². The molecule has 0 aromatic heterocycles. The largest absolute Gasteiger partial charge is 0.398 e. The number of carbonyl (C=O) groups excluding carboxylic acids is 2. The Balaban J connectivity index is 1.11. The van der Waals surface area contributed by atoms with Gasteiger partial charge in [-0.2, -0.15) is 0 Å². The highest BCUT2D eigenvalue weighted by molar-refractivity contribution is 5.84. The molecule has 0 atom stereocenters. The molecule has 0 bridgehead atoms. The summed E-state index contributed by atoms with van der Waals surface area (Å²) in [5.41, 5.74) is 7.95. The first-order chi connectivity index (χ1) is 16.1. The van der Waals surface area contributed by atoms with Gasteiger partial charge in [0.05, 0.1) is 0 Å². The van der Waals surface area contributed by atoms with Crippen molar-refractivity contribution in [3.63, 3.8) is 0 Å². The lowest BCUT2D eigenvalue weighted by Crippen LogP contribution is -2.54. The highest BCUT2D eigenvalue weighted by atomic mass is 16.2. The van der Waals surface area contributed by atoms with E-state index in [1.807, 2.05) is 34.1 Å². The van der Waals surface area contributed by atoms with E-state index in [1.165, 1.54) is 12.8 Å². The maximum Gasteiger partial charge on any atom is 0.223 e. The molecule has 4 rings (SSSR count). The van der Waals surface area contributed by atoms with E-state index >= 15 is 0 Å². The molecule has 0 spiro atoms. The topological polar surface area (TPSA) is 93.9 Å². The molecule has 1 aromatic carbocycles. The summed E-state index contributed by atoms with van der Waals surface area (Å²) in [6.07, 6.45) is 4.93. The minimum Gasteiger partial charge on any atom is -0.398 e. The number of likely N-dealkylation sites (tertiary alicyclic amines) is 1.